The highest BCUT2D eigenvalue weighted by Gasteiger charge is 2.18. The lowest BCUT2D eigenvalue weighted by Gasteiger charge is -2.28. The molecule has 0 saturated carbocycles. The lowest BCUT2D eigenvalue weighted by Crippen LogP contribution is -2.12. The van der Waals surface area contributed by atoms with Gasteiger partial charge in [-0.05, 0) is 46.8 Å². The summed E-state index contributed by atoms with van der Waals surface area (Å²) in [4.78, 5) is 2.25. The van der Waals surface area contributed by atoms with E-state index in [1.165, 1.54) is 16.3 Å². The highest BCUT2D eigenvalue weighted by Crippen LogP contribution is 2.42. The second-order valence-electron chi connectivity index (χ2n) is 7.31. The van der Waals surface area contributed by atoms with Gasteiger partial charge < -0.3 is 10.6 Å². The maximum Gasteiger partial charge on any atom is 0.0697 e. The van der Waals surface area contributed by atoms with E-state index >= 15 is 0 Å². The summed E-state index contributed by atoms with van der Waals surface area (Å²) in [5.74, 6) is 0. The van der Waals surface area contributed by atoms with Crippen molar-refractivity contribution < 1.29 is 0 Å². The van der Waals surface area contributed by atoms with Crippen LogP contribution in [0.1, 0.15) is 0 Å². The third-order valence-corrected chi connectivity index (χ3v) is 5.40. The molecule has 0 aliphatic heterocycles. The van der Waals surface area contributed by atoms with Crippen LogP contribution in [0.2, 0.25) is 0 Å². The molecule has 5 aromatic rings. The van der Waals surface area contributed by atoms with Crippen molar-refractivity contribution in [2.45, 2.75) is 0 Å². The van der Waals surface area contributed by atoms with E-state index in [9.17, 15) is 0 Å². The minimum absolute atomic E-state index is 0.742. The summed E-state index contributed by atoms with van der Waals surface area (Å²) in [6.45, 7) is 0. The van der Waals surface area contributed by atoms with E-state index in [2.05, 4.69) is 108 Å². The maximum atomic E-state index is 6.55. The molecule has 5 aromatic carbocycles. The van der Waals surface area contributed by atoms with Crippen LogP contribution in [-0.2, 0) is 0 Å². The third-order valence-electron chi connectivity index (χ3n) is 5.40. The van der Waals surface area contributed by atoms with Gasteiger partial charge >= 0.3 is 0 Å². The van der Waals surface area contributed by atoms with E-state index < -0.39 is 0 Å². The summed E-state index contributed by atoms with van der Waals surface area (Å²) in [6.07, 6.45) is 0. The normalized spacial score (nSPS) is 10.8. The van der Waals surface area contributed by atoms with Gasteiger partial charge in [-0.15, -0.1) is 0 Å². The Morgan fingerprint density at radius 1 is 0.500 bits per heavy atom. The average molecular weight is 386 g/mol. The van der Waals surface area contributed by atoms with Gasteiger partial charge in [0.1, 0.15) is 0 Å². The number of benzene rings is 5. The molecule has 0 aliphatic carbocycles. The van der Waals surface area contributed by atoms with Crippen LogP contribution < -0.4 is 10.6 Å². The Morgan fingerprint density at radius 3 is 1.97 bits per heavy atom. The topological polar surface area (TPSA) is 29.3 Å². The molecule has 0 unspecified atom stereocenters. The lowest BCUT2D eigenvalue weighted by molar-refractivity contribution is 1.30. The molecule has 30 heavy (non-hydrogen) atoms. The Hall–Kier alpha value is -4.04. The summed E-state index contributed by atoms with van der Waals surface area (Å²) < 4.78 is 0. The quantitative estimate of drug-likeness (QED) is 0.323. The average Bonchev–Trinajstić information content (AvgIpc) is 2.82. The third kappa shape index (κ3) is 3.29. The predicted molar refractivity (Wildman–Crippen MR) is 128 cm³/mol. The van der Waals surface area contributed by atoms with Gasteiger partial charge in [-0.3, -0.25) is 0 Å². The molecule has 0 heterocycles. The Kier molecular flexibility index (Phi) is 4.66. The highest BCUT2D eigenvalue weighted by atomic mass is 15.2. The Morgan fingerprint density at radius 2 is 1.17 bits per heavy atom. The second-order valence-corrected chi connectivity index (χ2v) is 7.31. The van der Waals surface area contributed by atoms with Crippen molar-refractivity contribution >= 4 is 33.5 Å². The highest BCUT2D eigenvalue weighted by molar-refractivity contribution is 6.00. The summed E-state index contributed by atoms with van der Waals surface area (Å²) in [6, 6.07) is 41.9. The van der Waals surface area contributed by atoms with Crippen LogP contribution in [-0.4, -0.2) is 0 Å². The van der Waals surface area contributed by atoms with E-state index in [-0.39, 0.29) is 0 Å². The zero-order valence-electron chi connectivity index (χ0n) is 16.6. The molecule has 0 amide bonds. The van der Waals surface area contributed by atoms with Crippen LogP contribution in [0.5, 0.6) is 0 Å². The first kappa shape index (κ1) is 18.0. The number of nitrogens with two attached hydrogens (primary N) is 1. The molecular formula is C28H22N2. The Bertz CT molecular complexity index is 1290. The number of nitrogens with zero attached hydrogens (tertiary/aromatic N) is 1. The zero-order valence-corrected chi connectivity index (χ0v) is 16.6. The molecule has 0 saturated heterocycles. The summed E-state index contributed by atoms with van der Waals surface area (Å²) in [5, 5.41) is 2.39. The van der Waals surface area contributed by atoms with Crippen molar-refractivity contribution in [2.24, 2.45) is 0 Å². The van der Waals surface area contributed by atoms with Gasteiger partial charge in [0.25, 0.3) is 0 Å². The minimum atomic E-state index is 0.742. The molecule has 0 atom stereocenters. The molecule has 0 aliphatic rings. The molecule has 2 nitrogen and oxygen atoms in total. The molecule has 2 heteroatoms. The molecule has 5 rings (SSSR count). The van der Waals surface area contributed by atoms with Crippen LogP contribution >= 0.6 is 0 Å². The molecule has 2 N–H and O–H groups in total. The maximum absolute atomic E-state index is 6.55. The van der Waals surface area contributed by atoms with Gasteiger partial charge in [0.05, 0.1) is 17.1 Å². The van der Waals surface area contributed by atoms with Crippen LogP contribution in [0.3, 0.4) is 0 Å². The van der Waals surface area contributed by atoms with E-state index in [1.54, 1.807) is 0 Å². The van der Waals surface area contributed by atoms with Gasteiger partial charge in [0.2, 0.25) is 0 Å². The fraction of sp³-hybridized carbons (Fsp3) is 0. The van der Waals surface area contributed by atoms with Crippen LogP contribution in [0.4, 0.5) is 22.7 Å². The van der Waals surface area contributed by atoms with Gasteiger partial charge in [0.15, 0.2) is 0 Å². The van der Waals surface area contributed by atoms with E-state index in [0.717, 1.165) is 28.3 Å². The van der Waals surface area contributed by atoms with Gasteiger partial charge in [-0.25, -0.2) is 0 Å². The van der Waals surface area contributed by atoms with Crippen molar-refractivity contribution in [3.63, 3.8) is 0 Å². The molecule has 144 valence electrons. The number of hydrogen-bond acceptors (Lipinski definition) is 2. The van der Waals surface area contributed by atoms with Crippen molar-refractivity contribution in [1.82, 2.24) is 0 Å². The van der Waals surface area contributed by atoms with Crippen LogP contribution in [0.25, 0.3) is 21.9 Å². The number of hydrogen-bond donors (Lipinski definition) is 1. The van der Waals surface area contributed by atoms with Crippen LogP contribution in [0.15, 0.2) is 121 Å². The van der Waals surface area contributed by atoms with Crippen molar-refractivity contribution in [3.05, 3.63) is 121 Å². The monoisotopic (exact) mass is 386 g/mol. The molecule has 0 bridgehead atoms. The molecule has 0 fully saturated rings. The van der Waals surface area contributed by atoms with Gasteiger partial charge in [0, 0.05) is 11.1 Å². The first-order valence-corrected chi connectivity index (χ1v) is 10.1. The van der Waals surface area contributed by atoms with Crippen molar-refractivity contribution in [1.29, 1.82) is 0 Å². The largest absolute Gasteiger partial charge is 0.397 e. The lowest BCUT2D eigenvalue weighted by atomic mass is 10.0. The number of fused-ring (bicyclic) bond motifs is 1. The number of para-hydroxylation sites is 1. The molecule has 0 spiro atoms. The fourth-order valence-corrected chi connectivity index (χ4v) is 3.94. The summed E-state index contributed by atoms with van der Waals surface area (Å²) >= 11 is 0. The first-order chi connectivity index (χ1) is 14.8. The minimum Gasteiger partial charge on any atom is -0.397 e. The number of rotatable bonds is 4. The standard InChI is InChI=1S/C28H22N2/c29-26-19-18-23(21-10-3-1-4-11-21)20-28(26)30(24-14-5-2-6-15-24)27-17-9-13-22-12-7-8-16-25(22)27/h1-20H,29H2. The molecule has 0 aromatic heterocycles. The van der Waals surface area contributed by atoms with Crippen molar-refractivity contribution in [3.8, 4) is 11.1 Å². The smallest absolute Gasteiger partial charge is 0.0697 e. The Labute approximate surface area is 176 Å². The molecular weight excluding hydrogens is 364 g/mol. The van der Waals surface area contributed by atoms with Gasteiger partial charge in [-0.1, -0.05) is 91.0 Å². The second kappa shape index (κ2) is 7.76. The number of nitrogen functional groups attached to an aromatic ring is 1. The van der Waals surface area contributed by atoms with Crippen molar-refractivity contribution in [2.75, 3.05) is 10.6 Å². The SMILES string of the molecule is Nc1ccc(-c2ccccc2)cc1N(c1ccccc1)c1cccc2ccccc12. The summed E-state index contributed by atoms with van der Waals surface area (Å²) in [5.41, 5.74) is 12.8. The first-order valence-electron chi connectivity index (χ1n) is 10.1. The Balaban J connectivity index is 1.77. The number of anilines is 4. The predicted octanol–water partition coefficient (Wildman–Crippen LogP) is 7.56. The van der Waals surface area contributed by atoms with E-state index in [1.807, 2.05) is 18.2 Å². The fourth-order valence-electron chi connectivity index (χ4n) is 3.94. The van der Waals surface area contributed by atoms with Crippen LogP contribution in [0, 0.1) is 0 Å². The van der Waals surface area contributed by atoms with Gasteiger partial charge in [-0.2, -0.15) is 0 Å². The zero-order chi connectivity index (χ0) is 20.3. The van der Waals surface area contributed by atoms with E-state index in [4.69, 9.17) is 5.73 Å². The van der Waals surface area contributed by atoms with E-state index in [0.29, 0.717) is 0 Å². The summed E-state index contributed by atoms with van der Waals surface area (Å²) in [7, 11) is 0. The molecule has 0 radical (unpaired) electrons.